The van der Waals surface area contributed by atoms with E-state index in [1.165, 1.54) is 0 Å². The molecule has 2 aliphatic heterocycles. The Labute approximate surface area is 143 Å². The van der Waals surface area contributed by atoms with Crippen LogP contribution in [0.2, 0.25) is 0 Å². The number of rotatable bonds is 3. The van der Waals surface area contributed by atoms with Crippen molar-refractivity contribution in [2.24, 2.45) is 5.92 Å². The smallest absolute Gasteiger partial charge is 0.231 e. The summed E-state index contributed by atoms with van der Waals surface area (Å²) in [5.41, 5.74) is 0.635. The minimum absolute atomic E-state index is 0.0146. The normalized spacial score (nSPS) is 22.0. The molecular formula is C17H16N2O4S. The molecule has 2 atom stereocenters. The van der Waals surface area contributed by atoms with E-state index in [-0.39, 0.29) is 31.1 Å². The van der Waals surface area contributed by atoms with Gasteiger partial charge in [0.2, 0.25) is 18.6 Å². The lowest BCUT2D eigenvalue weighted by molar-refractivity contribution is -0.127. The largest absolute Gasteiger partial charge is 0.454 e. The Balaban J connectivity index is 1.56. The lowest BCUT2D eigenvalue weighted by atomic mass is 9.98. The van der Waals surface area contributed by atoms with Gasteiger partial charge in [-0.05, 0) is 23.6 Å². The van der Waals surface area contributed by atoms with E-state index in [9.17, 15) is 9.59 Å². The molecule has 1 aromatic carbocycles. The van der Waals surface area contributed by atoms with Crippen molar-refractivity contribution in [2.75, 3.05) is 19.2 Å². The van der Waals surface area contributed by atoms with Gasteiger partial charge in [0.15, 0.2) is 11.5 Å². The average molecular weight is 344 g/mol. The van der Waals surface area contributed by atoms with Gasteiger partial charge in [-0.25, -0.2) is 0 Å². The first-order chi connectivity index (χ1) is 11.6. The Morgan fingerprint density at radius 2 is 2.12 bits per heavy atom. The predicted molar refractivity (Wildman–Crippen MR) is 89.1 cm³/mol. The van der Waals surface area contributed by atoms with Crippen molar-refractivity contribution in [3.05, 3.63) is 40.6 Å². The Morgan fingerprint density at radius 3 is 2.92 bits per heavy atom. The molecule has 124 valence electrons. The van der Waals surface area contributed by atoms with Gasteiger partial charge in [-0.3, -0.25) is 9.59 Å². The van der Waals surface area contributed by atoms with E-state index >= 15 is 0 Å². The van der Waals surface area contributed by atoms with Crippen molar-refractivity contribution >= 4 is 28.8 Å². The molecule has 1 fully saturated rings. The second kappa shape index (κ2) is 5.83. The van der Waals surface area contributed by atoms with Gasteiger partial charge in [-0.15, -0.1) is 11.3 Å². The van der Waals surface area contributed by atoms with Crippen LogP contribution in [0, 0.1) is 5.92 Å². The number of anilines is 1. The second-order valence-electron chi connectivity index (χ2n) is 5.83. The van der Waals surface area contributed by atoms with E-state index in [2.05, 4.69) is 5.32 Å². The minimum Gasteiger partial charge on any atom is -0.454 e. The zero-order chi connectivity index (χ0) is 16.7. The quantitative estimate of drug-likeness (QED) is 0.929. The lowest BCUT2D eigenvalue weighted by Gasteiger charge is -2.23. The highest BCUT2D eigenvalue weighted by atomic mass is 32.1. The van der Waals surface area contributed by atoms with Crippen LogP contribution >= 0.6 is 11.3 Å². The molecular weight excluding hydrogens is 328 g/mol. The van der Waals surface area contributed by atoms with Gasteiger partial charge in [-0.1, -0.05) is 6.07 Å². The van der Waals surface area contributed by atoms with Gasteiger partial charge in [0.05, 0.1) is 12.0 Å². The summed E-state index contributed by atoms with van der Waals surface area (Å²) in [7, 11) is 1.75. The number of nitrogens with one attached hydrogen (secondary N) is 1. The van der Waals surface area contributed by atoms with Crippen LogP contribution in [0.15, 0.2) is 35.7 Å². The summed E-state index contributed by atoms with van der Waals surface area (Å²) in [5.74, 6) is 0.693. The fourth-order valence-corrected chi connectivity index (χ4v) is 4.10. The van der Waals surface area contributed by atoms with Gasteiger partial charge >= 0.3 is 0 Å². The predicted octanol–water partition coefficient (Wildman–Crippen LogP) is 2.63. The number of thiophene rings is 1. The molecule has 1 saturated heterocycles. The topological polar surface area (TPSA) is 67.9 Å². The Hall–Kier alpha value is -2.54. The molecule has 4 rings (SSSR count). The highest BCUT2D eigenvalue weighted by molar-refractivity contribution is 7.10. The van der Waals surface area contributed by atoms with Crippen LogP contribution in [0.1, 0.15) is 17.3 Å². The average Bonchev–Trinajstić information content (AvgIpc) is 3.28. The zero-order valence-electron chi connectivity index (χ0n) is 13.0. The number of hydrogen-bond donors (Lipinski definition) is 1. The summed E-state index contributed by atoms with van der Waals surface area (Å²) in [4.78, 5) is 27.6. The minimum atomic E-state index is -0.411. The SMILES string of the molecule is CN1C(=O)CC(C(=O)Nc2ccc3c(c2)OCO3)C1c1cccs1. The molecule has 1 aromatic heterocycles. The molecule has 1 N–H and O–H groups in total. The maximum Gasteiger partial charge on any atom is 0.231 e. The highest BCUT2D eigenvalue weighted by Crippen LogP contribution is 2.40. The number of ether oxygens (including phenoxy) is 2. The van der Waals surface area contributed by atoms with Crippen LogP contribution < -0.4 is 14.8 Å². The molecule has 2 aliphatic rings. The number of carbonyl (C=O) groups is 2. The first kappa shape index (κ1) is 15.0. The molecule has 3 heterocycles. The van der Waals surface area contributed by atoms with E-state index < -0.39 is 5.92 Å². The van der Waals surface area contributed by atoms with Crippen molar-refractivity contribution in [3.8, 4) is 11.5 Å². The highest BCUT2D eigenvalue weighted by Gasteiger charge is 2.43. The summed E-state index contributed by atoms with van der Waals surface area (Å²) in [5, 5.41) is 4.85. The summed E-state index contributed by atoms with van der Waals surface area (Å²) >= 11 is 1.56. The van der Waals surface area contributed by atoms with E-state index in [4.69, 9.17) is 9.47 Å². The molecule has 0 radical (unpaired) electrons. The number of carbonyl (C=O) groups excluding carboxylic acids is 2. The molecule has 0 aliphatic carbocycles. The summed E-state index contributed by atoms with van der Waals surface area (Å²) in [6, 6.07) is 8.95. The molecule has 0 bridgehead atoms. The molecule has 6 nitrogen and oxygen atoms in total. The van der Waals surface area contributed by atoms with Crippen molar-refractivity contribution in [3.63, 3.8) is 0 Å². The van der Waals surface area contributed by atoms with Gasteiger partial charge in [0.1, 0.15) is 0 Å². The monoisotopic (exact) mass is 344 g/mol. The lowest BCUT2D eigenvalue weighted by Crippen LogP contribution is -2.29. The fraction of sp³-hybridized carbons (Fsp3) is 0.294. The Morgan fingerprint density at radius 1 is 1.29 bits per heavy atom. The molecule has 0 saturated carbocycles. The van der Waals surface area contributed by atoms with E-state index in [0.717, 1.165) is 4.88 Å². The zero-order valence-corrected chi connectivity index (χ0v) is 13.8. The van der Waals surface area contributed by atoms with Crippen molar-refractivity contribution in [2.45, 2.75) is 12.5 Å². The maximum atomic E-state index is 12.8. The number of benzene rings is 1. The van der Waals surface area contributed by atoms with Crippen LogP contribution in [-0.2, 0) is 9.59 Å². The first-order valence-electron chi connectivity index (χ1n) is 7.63. The number of likely N-dealkylation sites (tertiary alicyclic amines) is 1. The summed E-state index contributed by atoms with van der Waals surface area (Å²) in [6.45, 7) is 0.190. The van der Waals surface area contributed by atoms with Crippen LogP contribution in [-0.4, -0.2) is 30.6 Å². The van der Waals surface area contributed by atoms with Gasteiger partial charge in [-0.2, -0.15) is 0 Å². The Kier molecular flexibility index (Phi) is 3.65. The molecule has 0 spiro atoms. The van der Waals surface area contributed by atoms with Crippen molar-refractivity contribution in [1.82, 2.24) is 4.90 Å². The van der Waals surface area contributed by atoms with Crippen LogP contribution in [0.25, 0.3) is 0 Å². The number of amides is 2. The molecule has 7 heteroatoms. The maximum absolute atomic E-state index is 12.8. The first-order valence-corrected chi connectivity index (χ1v) is 8.51. The van der Waals surface area contributed by atoms with Crippen LogP contribution in [0.4, 0.5) is 5.69 Å². The van der Waals surface area contributed by atoms with E-state index in [1.54, 1.807) is 41.5 Å². The van der Waals surface area contributed by atoms with Crippen LogP contribution in [0.5, 0.6) is 11.5 Å². The number of fused-ring (bicyclic) bond motifs is 1. The third-order valence-electron chi connectivity index (χ3n) is 4.40. The van der Waals surface area contributed by atoms with E-state index in [1.807, 2.05) is 17.5 Å². The standard InChI is InChI=1S/C17H16N2O4S/c1-19-15(20)8-11(16(19)14-3-2-6-24-14)17(21)18-10-4-5-12-13(7-10)23-9-22-12/h2-7,11,16H,8-9H2,1H3,(H,18,21). The van der Waals surface area contributed by atoms with Gasteiger partial charge in [0.25, 0.3) is 0 Å². The molecule has 2 aromatic rings. The van der Waals surface area contributed by atoms with Gasteiger partial charge in [0, 0.05) is 30.1 Å². The van der Waals surface area contributed by atoms with Crippen molar-refractivity contribution in [1.29, 1.82) is 0 Å². The molecule has 2 amide bonds. The van der Waals surface area contributed by atoms with Gasteiger partial charge < -0.3 is 19.7 Å². The molecule has 24 heavy (non-hydrogen) atoms. The summed E-state index contributed by atoms with van der Waals surface area (Å²) in [6.07, 6.45) is 0.218. The third kappa shape index (κ3) is 2.50. The molecule has 2 unspecified atom stereocenters. The van der Waals surface area contributed by atoms with Crippen LogP contribution in [0.3, 0.4) is 0 Å². The fourth-order valence-electron chi connectivity index (χ4n) is 3.16. The number of hydrogen-bond acceptors (Lipinski definition) is 5. The third-order valence-corrected chi connectivity index (χ3v) is 5.34. The second-order valence-corrected chi connectivity index (χ2v) is 6.81. The Bertz CT molecular complexity index is 790. The van der Waals surface area contributed by atoms with E-state index in [0.29, 0.717) is 17.2 Å². The van der Waals surface area contributed by atoms with Crippen molar-refractivity contribution < 1.29 is 19.1 Å². The summed E-state index contributed by atoms with van der Waals surface area (Å²) < 4.78 is 10.6. The number of nitrogens with zero attached hydrogens (tertiary/aromatic N) is 1.